The van der Waals surface area contributed by atoms with Crippen molar-refractivity contribution in [1.82, 2.24) is 5.32 Å². The van der Waals surface area contributed by atoms with E-state index in [0.717, 1.165) is 24.3 Å². The average Bonchev–Trinajstić information content (AvgIpc) is 2.76. The van der Waals surface area contributed by atoms with Gasteiger partial charge >= 0.3 is 24.3 Å². The summed E-state index contributed by atoms with van der Waals surface area (Å²) in [6.45, 7) is 0. The Balaban J connectivity index is 2.33. The molecule has 0 radical (unpaired) electrons. The molecule has 190 valence electrons. The fraction of sp³-hybridized carbons (Fsp3) is 0.318. The molecule has 4 atom stereocenters. The van der Waals surface area contributed by atoms with E-state index < -0.39 is 54.2 Å². The molecule has 0 saturated carbocycles. The van der Waals surface area contributed by atoms with Gasteiger partial charge in [0.25, 0.3) is 0 Å². The summed E-state index contributed by atoms with van der Waals surface area (Å²) in [7, 11) is 0. The number of alkyl halides is 3. The highest BCUT2D eigenvalue weighted by molar-refractivity contribution is 5.76. The highest BCUT2D eigenvalue weighted by Gasteiger charge is 2.33. The molecule has 0 aromatic heterocycles. The third kappa shape index (κ3) is 8.24. The number of aliphatic carboxylic acids is 3. The van der Waals surface area contributed by atoms with Gasteiger partial charge in [-0.3, -0.25) is 19.7 Å². The van der Waals surface area contributed by atoms with Gasteiger partial charge in [-0.15, -0.1) is 13.2 Å². The van der Waals surface area contributed by atoms with Crippen molar-refractivity contribution in [1.29, 1.82) is 0 Å². The van der Waals surface area contributed by atoms with E-state index in [1.54, 1.807) is 24.3 Å². The zero-order chi connectivity index (χ0) is 26.3. The van der Waals surface area contributed by atoms with Crippen molar-refractivity contribution in [2.24, 2.45) is 11.5 Å². The molecule has 0 aliphatic carbocycles. The first-order valence-corrected chi connectivity index (χ1v) is 10.2. The van der Waals surface area contributed by atoms with Gasteiger partial charge in [0.2, 0.25) is 0 Å². The molecule has 0 bridgehead atoms. The van der Waals surface area contributed by atoms with Crippen LogP contribution in [-0.2, 0) is 27.2 Å². The molecule has 2 aromatic carbocycles. The van der Waals surface area contributed by atoms with Crippen LogP contribution in [0.1, 0.15) is 22.7 Å². The predicted octanol–water partition coefficient (Wildman–Crippen LogP) is 1.28. The number of benzene rings is 2. The van der Waals surface area contributed by atoms with Crippen LogP contribution in [0.25, 0.3) is 0 Å². The van der Waals surface area contributed by atoms with Crippen molar-refractivity contribution < 1.29 is 47.6 Å². The first kappa shape index (κ1) is 27.6. The van der Waals surface area contributed by atoms with Gasteiger partial charge in [-0.05, 0) is 41.7 Å². The number of carbonyl (C=O) groups is 3. The molecule has 10 nitrogen and oxygen atoms in total. The van der Waals surface area contributed by atoms with Gasteiger partial charge in [-0.2, -0.15) is 0 Å². The number of hydrogen-bond donors (Lipinski definition) is 6. The molecule has 0 saturated heterocycles. The Morgan fingerprint density at radius 2 is 1.40 bits per heavy atom. The summed E-state index contributed by atoms with van der Waals surface area (Å²) in [5.41, 5.74) is 12.4. The predicted molar refractivity (Wildman–Crippen MR) is 115 cm³/mol. The molecule has 13 heteroatoms. The Labute approximate surface area is 197 Å². The van der Waals surface area contributed by atoms with E-state index in [2.05, 4.69) is 10.1 Å². The van der Waals surface area contributed by atoms with Crippen LogP contribution in [0.15, 0.2) is 48.5 Å². The van der Waals surface area contributed by atoms with Crippen molar-refractivity contribution >= 4 is 17.9 Å². The Morgan fingerprint density at radius 3 is 1.86 bits per heavy atom. The molecule has 0 aliphatic heterocycles. The maximum absolute atomic E-state index is 12.4. The lowest BCUT2D eigenvalue weighted by molar-refractivity contribution is -0.274. The summed E-state index contributed by atoms with van der Waals surface area (Å²) in [4.78, 5) is 34.7. The maximum atomic E-state index is 12.4. The first-order valence-electron chi connectivity index (χ1n) is 10.2. The van der Waals surface area contributed by atoms with Crippen LogP contribution in [0.2, 0.25) is 0 Å². The summed E-state index contributed by atoms with van der Waals surface area (Å²) in [5, 5.41) is 30.9. The highest BCUT2D eigenvalue weighted by Crippen LogP contribution is 2.26. The summed E-state index contributed by atoms with van der Waals surface area (Å²) < 4.78 is 41.1. The normalized spacial score (nSPS) is 15.0. The second-order valence-corrected chi connectivity index (χ2v) is 7.64. The third-order valence-corrected chi connectivity index (χ3v) is 5.10. The van der Waals surface area contributed by atoms with Gasteiger partial charge < -0.3 is 31.5 Å². The minimum absolute atomic E-state index is 0.0728. The topological polar surface area (TPSA) is 185 Å². The molecule has 0 amide bonds. The van der Waals surface area contributed by atoms with Crippen molar-refractivity contribution in [2.45, 2.75) is 43.4 Å². The maximum Gasteiger partial charge on any atom is 0.573 e. The number of rotatable bonds is 12. The fourth-order valence-corrected chi connectivity index (χ4v) is 3.36. The number of hydrogen-bond acceptors (Lipinski definition) is 7. The number of nitrogens with two attached hydrogens (primary N) is 2. The third-order valence-electron chi connectivity index (χ3n) is 5.10. The fourth-order valence-electron chi connectivity index (χ4n) is 3.36. The molecule has 2 aromatic rings. The molecule has 2 rings (SSSR count). The molecule has 35 heavy (non-hydrogen) atoms. The zero-order valence-electron chi connectivity index (χ0n) is 18.1. The van der Waals surface area contributed by atoms with Crippen LogP contribution >= 0.6 is 0 Å². The minimum atomic E-state index is -4.93. The SMILES string of the molecule is NC(Cc1ccccc1CC(NC(c1ccc(OC(F)(F)F)cc1)[C@H](N)C(=O)O)C(=O)O)C(=O)O. The van der Waals surface area contributed by atoms with Crippen LogP contribution < -0.4 is 21.5 Å². The quantitative estimate of drug-likeness (QED) is 0.248. The average molecular weight is 499 g/mol. The smallest absolute Gasteiger partial charge is 0.480 e. The van der Waals surface area contributed by atoms with Crippen LogP contribution in [-0.4, -0.2) is 57.7 Å². The van der Waals surface area contributed by atoms with E-state index in [-0.39, 0.29) is 18.4 Å². The number of nitrogens with one attached hydrogen (secondary N) is 1. The monoisotopic (exact) mass is 499 g/mol. The zero-order valence-corrected chi connectivity index (χ0v) is 18.1. The van der Waals surface area contributed by atoms with Crippen molar-refractivity contribution in [3.05, 3.63) is 65.2 Å². The Kier molecular flexibility index (Phi) is 9.17. The Hall–Kier alpha value is -3.68. The number of ether oxygens (including phenoxy) is 1. The van der Waals surface area contributed by atoms with E-state index >= 15 is 0 Å². The highest BCUT2D eigenvalue weighted by atomic mass is 19.4. The van der Waals surface area contributed by atoms with E-state index in [1.165, 1.54) is 0 Å². The molecule has 3 unspecified atom stereocenters. The van der Waals surface area contributed by atoms with Crippen LogP contribution in [0.5, 0.6) is 5.75 Å². The lowest BCUT2D eigenvalue weighted by Gasteiger charge is -2.27. The van der Waals surface area contributed by atoms with Crippen molar-refractivity contribution in [3.63, 3.8) is 0 Å². The lowest BCUT2D eigenvalue weighted by Crippen LogP contribution is -2.50. The van der Waals surface area contributed by atoms with Gasteiger partial charge in [-0.1, -0.05) is 36.4 Å². The van der Waals surface area contributed by atoms with Gasteiger partial charge in [0.1, 0.15) is 23.9 Å². The van der Waals surface area contributed by atoms with Gasteiger partial charge in [0.05, 0.1) is 6.04 Å². The molecule has 0 heterocycles. The second-order valence-electron chi connectivity index (χ2n) is 7.64. The van der Waals surface area contributed by atoms with E-state index in [0.29, 0.717) is 11.1 Å². The summed E-state index contributed by atoms with van der Waals surface area (Å²) >= 11 is 0. The number of halogens is 3. The molecular weight excluding hydrogens is 475 g/mol. The van der Waals surface area contributed by atoms with E-state index in [9.17, 15) is 37.8 Å². The van der Waals surface area contributed by atoms with E-state index in [4.69, 9.17) is 16.6 Å². The van der Waals surface area contributed by atoms with Crippen LogP contribution in [0, 0.1) is 0 Å². The molecular formula is C22H24F3N3O7. The largest absolute Gasteiger partial charge is 0.573 e. The standard InChI is InChI=1S/C22H24F3N3O7/c23-22(24,25)35-14-7-5-11(6-8-14)18(17(27)21(33)34)28-16(20(31)32)10-13-4-2-1-3-12(13)9-15(26)19(29)30/h1-8,15-18,28H,9-10,26-27H2,(H,29,30)(H,31,32)(H,33,34)/t15?,16?,17-,18?/m0/s1. The van der Waals surface area contributed by atoms with Crippen LogP contribution in [0.4, 0.5) is 13.2 Å². The molecule has 0 aliphatic rings. The first-order chi connectivity index (χ1) is 16.3. The van der Waals surface area contributed by atoms with Gasteiger partial charge in [0.15, 0.2) is 0 Å². The van der Waals surface area contributed by atoms with Crippen molar-refractivity contribution in [2.75, 3.05) is 0 Å². The summed E-state index contributed by atoms with van der Waals surface area (Å²) in [6.07, 6.45) is -5.19. The number of carboxylic acids is 3. The van der Waals surface area contributed by atoms with Gasteiger partial charge in [-0.25, -0.2) is 0 Å². The minimum Gasteiger partial charge on any atom is -0.480 e. The number of carboxylic acid groups (broad SMARTS) is 3. The van der Waals surface area contributed by atoms with Crippen molar-refractivity contribution in [3.8, 4) is 5.75 Å². The molecule has 0 fully saturated rings. The summed E-state index contributed by atoms with van der Waals surface area (Å²) in [6, 6.07) is 5.03. The Bertz CT molecular complexity index is 1050. The van der Waals surface area contributed by atoms with E-state index in [1.807, 2.05) is 0 Å². The van der Waals surface area contributed by atoms with Crippen LogP contribution in [0.3, 0.4) is 0 Å². The molecule has 0 spiro atoms. The van der Waals surface area contributed by atoms with Gasteiger partial charge in [0, 0.05) is 0 Å². The Morgan fingerprint density at radius 1 is 0.857 bits per heavy atom. The second kappa shape index (κ2) is 11.6. The molecule has 8 N–H and O–H groups in total. The lowest BCUT2D eigenvalue weighted by atomic mass is 9.93. The summed E-state index contributed by atoms with van der Waals surface area (Å²) in [5.74, 6) is -4.63.